The minimum atomic E-state index is -3.62. The molecule has 18 heavy (non-hydrogen) atoms. The second kappa shape index (κ2) is 4.52. The van der Waals surface area contributed by atoms with Crippen LogP contribution in [0.1, 0.15) is 10.4 Å². The van der Waals surface area contributed by atoms with Gasteiger partial charge in [-0.05, 0) is 18.2 Å². The van der Waals surface area contributed by atoms with E-state index in [1.165, 1.54) is 25.2 Å². The number of carboxylic acids is 1. The van der Waals surface area contributed by atoms with Crippen molar-refractivity contribution in [2.75, 3.05) is 11.8 Å². The molecule has 0 saturated heterocycles. The van der Waals surface area contributed by atoms with E-state index in [4.69, 9.17) is 5.11 Å². The minimum Gasteiger partial charge on any atom is -0.478 e. The van der Waals surface area contributed by atoms with Crippen molar-refractivity contribution in [3.63, 3.8) is 0 Å². The summed E-state index contributed by atoms with van der Waals surface area (Å²) in [5, 5.41) is 9.02. The van der Waals surface area contributed by atoms with Gasteiger partial charge in [-0.3, -0.25) is 0 Å². The Hall–Kier alpha value is -1.71. The monoisotopic (exact) mass is 287 g/mol. The van der Waals surface area contributed by atoms with Gasteiger partial charge in [-0.1, -0.05) is 11.3 Å². The maximum Gasteiger partial charge on any atom is 0.335 e. The first-order valence-corrected chi connectivity index (χ1v) is 7.06. The summed E-state index contributed by atoms with van der Waals surface area (Å²) in [6.45, 7) is 0. The van der Waals surface area contributed by atoms with E-state index < -0.39 is 16.2 Å². The molecule has 1 aromatic heterocycles. The van der Waals surface area contributed by atoms with E-state index in [2.05, 4.69) is 14.4 Å². The summed E-state index contributed by atoms with van der Waals surface area (Å²) in [5.41, 5.74) is 0.674. The number of nitrogens with one attached hydrogen (secondary N) is 2. The van der Waals surface area contributed by atoms with E-state index in [0.29, 0.717) is 10.2 Å². The minimum absolute atomic E-state index is 0.133. The average molecular weight is 287 g/mol. The number of hydrogen-bond acceptors (Lipinski definition) is 5. The van der Waals surface area contributed by atoms with Crippen molar-refractivity contribution in [1.29, 1.82) is 0 Å². The molecule has 0 bridgehead atoms. The van der Waals surface area contributed by atoms with Crippen LogP contribution in [0.5, 0.6) is 0 Å². The SMILES string of the molecule is CNS(=O)(=O)Nc1nc2ccc(C(=O)O)cc2s1. The zero-order chi connectivity index (χ0) is 13.3. The fourth-order valence-corrected chi connectivity index (χ4v) is 2.90. The molecule has 0 aliphatic carbocycles. The number of anilines is 1. The number of aromatic nitrogens is 1. The first-order valence-electron chi connectivity index (χ1n) is 4.76. The van der Waals surface area contributed by atoms with Crippen molar-refractivity contribution in [3.8, 4) is 0 Å². The fourth-order valence-electron chi connectivity index (χ4n) is 1.27. The number of fused-ring (bicyclic) bond motifs is 1. The molecule has 7 nitrogen and oxygen atoms in total. The van der Waals surface area contributed by atoms with Gasteiger partial charge in [-0.15, -0.1) is 0 Å². The fraction of sp³-hybridized carbons (Fsp3) is 0.111. The normalized spacial score (nSPS) is 11.6. The van der Waals surface area contributed by atoms with Gasteiger partial charge in [0.25, 0.3) is 0 Å². The summed E-state index contributed by atoms with van der Waals surface area (Å²) in [5.74, 6) is -1.04. The predicted octanol–water partition coefficient (Wildman–Crippen LogP) is 0.871. The van der Waals surface area contributed by atoms with Crippen LogP contribution in [0.2, 0.25) is 0 Å². The van der Waals surface area contributed by atoms with Gasteiger partial charge in [0.05, 0.1) is 15.8 Å². The Kier molecular flexibility index (Phi) is 3.20. The van der Waals surface area contributed by atoms with Crippen molar-refractivity contribution in [2.24, 2.45) is 0 Å². The summed E-state index contributed by atoms with van der Waals surface area (Å²) in [7, 11) is -2.34. The number of aromatic carboxylic acids is 1. The molecule has 0 amide bonds. The van der Waals surface area contributed by atoms with E-state index in [1.54, 1.807) is 0 Å². The lowest BCUT2D eigenvalue weighted by atomic mass is 10.2. The van der Waals surface area contributed by atoms with Gasteiger partial charge in [0, 0.05) is 7.05 Å². The lowest BCUT2D eigenvalue weighted by Crippen LogP contribution is -2.26. The van der Waals surface area contributed by atoms with Crippen LogP contribution in [0, 0.1) is 0 Å². The highest BCUT2D eigenvalue weighted by molar-refractivity contribution is 7.91. The number of thiazole rings is 1. The van der Waals surface area contributed by atoms with E-state index in [9.17, 15) is 13.2 Å². The van der Waals surface area contributed by atoms with Crippen molar-refractivity contribution in [1.82, 2.24) is 9.71 Å². The number of carboxylic acid groups (broad SMARTS) is 1. The van der Waals surface area contributed by atoms with Crippen LogP contribution in [0.3, 0.4) is 0 Å². The Morgan fingerprint density at radius 3 is 2.78 bits per heavy atom. The molecule has 0 atom stereocenters. The number of carbonyl (C=O) groups is 1. The van der Waals surface area contributed by atoms with Crippen LogP contribution in [0.25, 0.3) is 10.2 Å². The van der Waals surface area contributed by atoms with Gasteiger partial charge in [0.15, 0.2) is 5.13 Å². The third-order valence-corrected chi connectivity index (χ3v) is 4.19. The zero-order valence-corrected chi connectivity index (χ0v) is 10.8. The molecule has 2 rings (SSSR count). The highest BCUT2D eigenvalue weighted by atomic mass is 32.2. The van der Waals surface area contributed by atoms with Gasteiger partial charge >= 0.3 is 16.2 Å². The standard InChI is InChI=1S/C9H9N3O4S2/c1-10-18(15,16)12-9-11-6-3-2-5(8(13)14)4-7(6)17-9/h2-4,10H,1H3,(H,11,12)(H,13,14). The number of hydrogen-bond donors (Lipinski definition) is 3. The maximum absolute atomic E-state index is 11.3. The molecule has 0 spiro atoms. The molecular formula is C9H9N3O4S2. The Morgan fingerprint density at radius 1 is 1.44 bits per heavy atom. The Morgan fingerprint density at radius 2 is 2.17 bits per heavy atom. The van der Waals surface area contributed by atoms with Crippen LogP contribution >= 0.6 is 11.3 Å². The first kappa shape index (κ1) is 12.7. The summed E-state index contributed by atoms with van der Waals surface area (Å²) in [4.78, 5) is 14.8. The molecule has 0 radical (unpaired) electrons. The van der Waals surface area contributed by atoms with Gasteiger partial charge in [0.2, 0.25) is 0 Å². The third kappa shape index (κ3) is 2.58. The summed E-state index contributed by atoms with van der Waals surface area (Å²) in [6.07, 6.45) is 0. The van der Waals surface area contributed by atoms with Crippen LogP contribution in [-0.4, -0.2) is 31.5 Å². The van der Waals surface area contributed by atoms with Gasteiger partial charge in [-0.2, -0.15) is 8.42 Å². The summed E-state index contributed by atoms with van der Waals surface area (Å²) < 4.78 is 27.5. The highest BCUT2D eigenvalue weighted by Crippen LogP contribution is 2.27. The molecule has 0 aliphatic rings. The molecule has 1 aromatic carbocycles. The number of rotatable bonds is 4. The molecule has 0 unspecified atom stereocenters. The van der Waals surface area contributed by atoms with Crippen molar-refractivity contribution in [2.45, 2.75) is 0 Å². The van der Waals surface area contributed by atoms with E-state index in [-0.39, 0.29) is 10.7 Å². The van der Waals surface area contributed by atoms with E-state index in [1.807, 2.05) is 0 Å². The van der Waals surface area contributed by atoms with Crippen LogP contribution in [-0.2, 0) is 10.2 Å². The second-order valence-corrected chi connectivity index (χ2v) is 5.97. The Bertz CT molecular complexity index is 708. The van der Waals surface area contributed by atoms with E-state index >= 15 is 0 Å². The molecule has 0 saturated carbocycles. The quantitative estimate of drug-likeness (QED) is 0.773. The molecule has 2 aromatic rings. The lowest BCUT2D eigenvalue weighted by molar-refractivity contribution is 0.0697. The van der Waals surface area contributed by atoms with Crippen molar-refractivity contribution >= 4 is 42.9 Å². The molecule has 1 heterocycles. The van der Waals surface area contributed by atoms with Crippen molar-refractivity contribution in [3.05, 3.63) is 23.8 Å². The topological polar surface area (TPSA) is 108 Å². The average Bonchev–Trinajstić information content (AvgIpc) is 2.68. The van der Waals surface area contributed by atoms with Crippen LogP contribution < -0.4 is 9.44 Å². The molecule has 3 N–H and O–H groups in total. The molecule has 0 aliphatic heterocycles. The zero-order valence-electron chi connectivity index (χ0n) is 9.17. The number of nitrogens with zero attached hydrogens (tertiary/aromatic N) is 1. The Labute approximate surface area is 107 Å². The highest BCUT2D eigenvalue weighted by Gasteiger charge is 2.12. The van der Waals surface area contributed by atoms with E-state index in [0.717, 1.165) is 11.3 Å². The Balaban J connectivity index is 2.42. The largest absolute Gasteiger partial charge is 0.478 e. The van der Waals surface area contributed by atoms with Crippen LogP contribution in [0.4, 0.5) is 5.13 Å². The summed E-state index contributed by atoms with van der Waals surface area (Å²) in [6, 6.07) is 4.40. The van der Waals surface area contributed by atoms with Crippen LogP contribution in [0.15, 0.2) is 18.2 Å². The van der Waals surface area contributed by atoms with Gasteiger partial charge in [0.1, 0.15) is 0 Å². The lowest BCUT2D eigenvalue weighted by Gasteiger charge is -2.00. The van der Waals surface area contributed by atoms with Gasteiger partial charge in [-0.25, -0.2) is 19.2 Å². The summed E-state index contributed by atoms with van der Waals surface area (Å²) >= 11 is 1.07. The first-order chi connectivity index (χ1) is 8.41. The number of benzene rings is 1. The third-order valence-electron chi connectivity index (χ3n) is 2.13. The molecule has 96 valence electrons. The van der Waals surface area contributed by atoms with Crippen molar-refractivity contribution < 1.29 is 18.3 Å². The maximum atomic E-state index is 11.3. The smallest absolute Gasteiger partial charge is 0.335 e. The molecule has 0 fully saturated rings. The molecule has 9 heteroatoms. The predicted molar refractivity (Wildman–Crippen MR) is 68.2 cm³/mol. The van der Waals surface area contributed by atoms with Gasteiger partial charge < -0.3 is 5.11 Å². The second-order valence-electron chi connectivity index (χ2n) is 3.32. The molecular weight excluding hydrogens is 278 g/mol.